The van der Waals surface area contributed by atoms with Gasteiger partial charge < -0.3 is 32.3 Å². The van der Waals surface area contributed by atoms with Gasteiger partial charge in [0.1, 0.15) is 0 Å². The summed E-state index contributed by atoms with van der Waals surface area (Å²) in [5.74, 6) is 0. The van der Waals surface area contributed by atoms with Crippen molar-refractivity contribution in [2.75, 3.05) is 21.1 Å². The molecule has 0 aliphatic heterocycles. The van der Waals surface area contributed by atoms with Crippen molar-refractivity contribution in [1.29, 1.82) is 0 Å². The summed E-state index contributed by atoms with van der Waals surface area (Å²) < 4.78 is 0. The fourth-order valence-electron chi connectivity index (χ4n) is 0. The first-order chi connectivity index (χ1) is 1.73. The molecule has 0 rings (SSSR count). The lowest BCUT2D eigenvalue weighted by Gasteiger charge is -1.90. The highest BCUT2D eigenvalue weighted by atomic mass is 16.0. The van der Waals surface area contributed by atoms with E-state index >= 15 is 0 Å². The summed E-state index contributed by atoms with van der Waals surface area (Å²) in [6.45, 7) is 0. The molecule has 0 aliphatic carbocycles. The molecule has 0 amide bonds. The largest absolute Gasteiger partial charge is 0.412 e. The van der Waals surface area contributed by atoms with Crippen LogP contribution in [-0.2, 0) is 0 Å². The maximum Gasteiger partial charge on any atom is -0.0140 e. The average molecular weight is 149 g/mol. The molecule has 0 aliphatic rings. The number of hydrogen-bond donors (Lipinski definition) is 0. The summed E-state index contributed by atoms with van der Waals surface area (Å²) in [5.41, 5.74) is 0. The molecule has 0 bridgehead atoms. The maximum absolute atomic E-state index is 2.00. The van der Waals surface area contributed by atoms with E-state index in [1.165, 1.54) is 0 Å². The first-order valence-corrected chi connectivity index (χ1v) is 1.34. The Morgan fingerprint density at radius 2 is 0.556 bits per heavy atom. The van der Waals surface area contributed by atoms with Crippen LogP contribution in [0.2, 0.25) is 0 Å². The monoisotopic (exact) mass is 149 g/mol. The van der Waals surface area contributed by atoms with Crippen molar-refractivity contribution in [2.45, 2.75) is 0 Å². The van der Waals surface area contributed by atoms with Gasteiger partial charge in [-0.1, -0.05) is 0 Å². The van der Waals surface area contributed by atoms with Crippen molar-refractivity contribution in [3.8, 4) is 0 Å². The van der Waals surface area contributed by atoms with Crippen molar-refractivity contribution < 1.29 is 27.4 Å². The molecule has 0 unspecified atom stereocenters. The van der Waals surface area contributed by atoms with Gasteiger partial charge in [0.15, 0.2) is 0 Å². The Balaban J connectivity index is -0.00000000450. The third kappa shape index (κ3) is 4470. The fraction of sp³-hybridized carbons (Fsp3) is 1.00. The lowest BCUT2D eigenvalue weighted by atomic mass is 11.0. The minimum atomic E-state index is 0. The van der Waals surface area contributed by atoms with Crippen LogP contribution in [0.1, 0.15) is 0 Å². The van der Waals surface area contributed by atoms with Crippen molar-refractivity contribution in [3.05, 3.63) is 0 Å². The van der Waals surface area contributed by atoms with E-state index in [4.69, 9.17) is 0 Å². The van der Waals surface area contributed by atoms with Gasteiger partial charge in [0.05, 0.1) is 0 Å². The third-order valence-corrected chi connectivity index (χ3v) is 0. The number of nitrogens with zero attached hydrogens (tertiary/aromatic N) is 1. The van der Waals surface area contributed by atoms with Crippen LogP contribution >= 0.6 is 0 Å². The summed E-state index contributed by atoms with van der Waals surface area (Å²) >= 11 is 0. The van der Waals surface area contributed by atoms with E-state index < -0.39 is 0 Å². The zero-order valence-electron chi connectivity index (χ0n) is 5.95. The van der Waals surface area contributed by atoms with Crippen LogP contribution in [0.4, 0.5) is 0 Å². The SMILES string of the molecule is CN(C)C.O.O.O.O.O. The minimum Gasteiger partial charge on any atom is -0.412 e. The molecule has 10 N–H and O–H groups in total. The molecule has 66 valence electrons. The van der Waals surface area contributed by atoms with Gasteiger partial charge in [-0.05, 0) is 21.1 Å². The molecule has 0 heterocycles. The van der Waals surface area contributed by atoms with Gasteiger partial charge in [0, 0.05) is 0 Å². The van der Waals surface area contributed by atoms with Gasteiger partial charge in [-0.3, -0.25) is 0 Å². The number of rotatable bonds is 0. The average Bonchev–Trinajstić information content (AvgIpc) is 0.811. The van der Waals surface area contributed by atoms with Gasteiger partial charge in [-0.2, -0.15) is 0 Å². The van der Waals surface area contributed by atoms with Gasteiger partial charge in [0.25, 0.3) is 0 Å². The highest BCUT2D eigenvalue weighted by Gasteiger charge is 1.58. The van der Waals surface area contributed by atoms with E-state index in [0.717, 1.165) is 0 Å². The first kappa shape index (κ1) is 69.2. The highest BCUT2D eigenvalue weighted by molar-refractivity contribution is 4.09. The fourth-order valence-corrected chi connectivity index (χ4v) is 0. The lowest BCUT2D eigenvalue weighted by Crippen LogP contribution is -1.99. The Kier molecular flexibility index (Phi) is 358. The molecule has 9 heavy (non-hydrogen) atoms. The van der Waals surface area contributed by atoms with E-state index in [2.05, 4.69) is 0 Å². The highest BCUT2D eigenvalue weighted by Crippen LogP contribution is 1.47. The van der Waals surface area contributed by atoms with E-state index in [1.807, 2.05) is 26.0 Å². The molecular weight excluding hydrogens is 130 g/mol. The normalized spacial score (nSPS) is 4.00. The van der Waals surface area contributed by atoms with Crippen LogP contribution < -0.4 is 0 Å². The molecule has 0 atom stereocenters. The minimum absolute atomic E-state index is 0. The molecule has 0 saturated heterocycles. The van der Waals surface area contributed by atoms with Crippen LogP contribution in [0.15, 0.2) is 0 Å². The summed E-state index contributed by atoms with van der Waals surface area (Å²) in [7, 11) is 6.00. The smallest absolute Gasteiger partial charge is 0.0140 e. The predicted molar refractivity (Wildman–Crippen MR) is 37.7 cm³/mol. The molecule has 6 heteroatoms. The number of hydrogen-bond acceptors (Lipinski definition) is 1. The summed E-state index contributed by atoms with van der Waals surface area (Å²) in [5, 5.41) is 0. The molecular formula is C3H19NO5. The molecule has 6 nitrogen and oxygen atoms in total. The molecule has 0 spiro atoms. The van der Waals surface area contributed by atoms with Gasteiger partial charge >= 0.3 is 0 Å². The second kappa shape index (κ2) is 46.6. The Morgan fingerprint density at radius 3 is 0.556 bits per heavy atom. The Bertz CT molecular complexity index is 16.9. The van der Waals surface area contributed by atoms with Crippen LogP contribution in [-0.4, -0.2) is 53.4 Å². The standard InChI is InChI=1S/C3H9N.5H2O/c1-4(2)3;;;;;/h1-3H3;5*1H2. The molecule has 0 radical (unpaired) electrons. The summed E-state index contributed by atoms with van der Waals surface area (Å²) in [6, 6.07) is 0. The Morgan fingerprint density at radius 1 is 0.556 bits per heavy atom. The molecule has 0 fully saturated rings. The van der Waals surface area contributed by atoms with Crippen molar-refractivity contribution in [3.63, 3.8) is 0 Å². The second-order valence-corrected chi connectivity index (χ2v) is 1.34. The maximum atomic E-state index is 2.00. The molecule has 0 aromatic rings. The van der Waals surface area contributed by atoms with Crippen LogP contribution in [0.25, 0.3) is 0 Å². The second-order valence-electron chi connectivity index (χ2n) is 1.34. The Labute approximate surface area is 54.6 Å². The molecule has 0 aromatic heterocycles. The van der Waals surface area contributed by atoms with E-state index in [0.29, 0.717) is 0 Å². The lowest BCUT2D eigenvalue weighted by molar-refractivity contribution is 0.505. The predicted octanol–water partition coefficient (Wildman–Crippen LogP) is -3.95. The van der Waals surface area contributed by atoms with Gasteiger partial charge in [-0.25, -0.2) is 0 Å². The van der Waals surface area contributed by atoms with Gasteiger partial charge in [-0.15, -0.1) is 0 Å². The third-order valence-electron chi connectivity index (χ3n) is 0. The van der Waals surface area contributed by atoms with Crippen LogP contribution in [0.3, 0.4) is 0 Å². The first-order valence-electron chi connectivity index (χ1n) is 1.34. The van der Waals surface area contributed by atoms with E-state index in [1.54, 1.807) is 0 Å². The summed E-state index contributed by atoms with van der Waals surface area (Å²) in [4.78, 5) is 2.00. The van der Waals surface area contributed by atoms with E-state index in [9.17, 15) is 0 Å². The quantitative estimate of drug-likeness (QED) is 0.338. The van der Waals surface area contributed by atoms with E-state index in [-0.39, 0.29) is 27.4 Å². The molecule has 0 aromatic carbocycles. The van der Waals surface area contributed by atoms with Crippen LogP contribution in [0.5, 0.6) is 0 Å². The topological polar surface area (TPSA) is 161 Å². The Hall–Kier alpha value is -0.240. The van der Waals surface area contributed by atoms with Crippen molar-refractivity contribution >= 4 is 0 Å². The zero-order chi connectivity index (χ0) is 3.58. The van der Waals surface area contributed by atoms with Crippen molar-refractivity contribution in [1.82, 2.24) is 4.90 Å². The molecule has 0 saturated carbocycles. The zero-order valence-corrected chi connectivity index (χ0v) is 5.95. The van der Waals surface area contributed by atoms with Gasteiger partial charge in [0.2, 0.25) is 0 Å². The van der Waals surface area contributed by atoms with Crippen LogP contribution in [0, 0.1) is 0 Å². The van der Waals surface area contributed by atoms with Crippen molar-refractivity contribution in [2.24, 2.45) is 0 Å². The summed E-state index contributed by atoms with van der Waals surface area (Å²) in [6.07, 6.45) is 0.